The van der Waals surface area contributed by atoms with Gasteiger partial charge in [0.1, 0.15) is 0 Å². The summed E-state index contributed by atoms with van der Waals surface area (Å²) in [5.41, 5.74) is 2.91. The lowest BCUT2D eigenvalue weighted by Gasteiger charge is -2.12. The second-order valence-corrected chi connectivity index (χ2v) is 7.99. The zero-order chi connectivity index (χ0) is 20.3. The number of aryl methyl sites for hydroxylation is 1. The first-order chi connectivity index (χ1) is 13.4. The topological polar surface area (TPSA) is 82.5 Å². The lowest BCUT2D eigenvalue weighted by atomic mass is 10.2. The Balaban J connectivity index is 1.90. The number of methoxy groups -OCH3 is 2. The smallest absolute Gasteiger partial charge is 0.262 e. The van der Waals surface area contributed by atoms with E-state index in [1.807, 2.05) is 37.3 Å². The number of aromatic nitrogens is 2. The minimum Gasteiger partial charge on any atom is -0.493 e. The summed E-state index contributed by atoms with van der Waals surface area (Å²) in [6, 6.07) is 14.3. The van der Waals surface area contributed by atoms with Crippen molar-refractivity contribution < 1.29 is 17.9 Å². The van der Waals surface area contributed by atoms with Crippen LogP contribution < -0.4 is 14.2 Å². The summed E-state index contributed by atoms with van der Waals surface area (Å²) >= 11 is 0. The molecule has 0 fully saturated rings. The van der Waals surface area contributed by atoms with Crippen LogP contribution in [0.1, 0.15) is 17.0 Å². The molecule has 3 rings (SSSR count). The second-order valence-electron chi connectivity index (χ2n) is 6.31. The highest BCUT2D eigenvalue weighted by atomic mass is 32.2. The van der Waals surface area contributed by atoms with Crippen molar-refractivity contribution in [2.45, 2.75) is 25.3 Å². The van der Waals surface area contributed by atoms with Crippen molar-refractivity contribution in [1.82, 2.24) is 9.78 Å². The molecule has 1 aromatic heterocycles. The van der Waals surface area contributed by atoms with Gasteiger partial charge in [-0.25, -0.2) is 8.42 Å². The Morgan fingerprint density at radius 3 is 2.32 bits per heavy atom. The van der Waals surface area contributed by atoms with Gasteiger partial charge in [-0.15, -0.1) is 0 Å². The van der Waals surface area contributed by atoms with E-state index in [0.717, 1.165) is 11.3 Å². The molecule has 0 aliphatic heterocycles. The molecule has 0 aliphatic rings. The van der Waals surface area contributed by atoms with Crippen LogP contribution in [-0.2, 0) is 16.6 Å². The number of ether oxygens (including phenoxy) is 2. The average molecular weight is 401 g/mol. The van der Waals surface area contributed by atoms with Gasteiger partial charge in [-0.05, 0) is 31.5 Å². The maximum atomic E-state index is 12.9. The SMILES string of the molecule is COc1ccc(S(=O)(=O)Nc2c(C)nn(Cc3ccccc3)c2C)cc1OC. The molecule has 0 spiro atoms. The molecule has 1 N–H and O–H groups in total. The van der Waals surface area contributed by atoms with Crippen molar-refractivity contribution in [3.63, 3.8) is 0 Å². The fraction of sp³-hybridized carbons (Fsp3) is 0.250. The van der Waals surface area contributed by atoms with E-state index < -0.39 is 10.0 Å². The maximum absolute atomic E-state index is 12.9. The predicted octanol–water partition coefficient (Wildman–Crippen LogP) is 3.37. The molecule has 0 aliphatic carbocycles. The van der Waals surface area contributed by atoms with Gasteiger partial charge in [0.15, 0.2) is 11.5 Å². The van der Waals surface area contributed by atoms with Crippen molar-refractivity contribution in [1.29, 1.82) is 0 Å². The normalized spacial score (nSPS) is 11.3. The van der Waals surface area contributed by atoms with Crippen molar-refractivity contribution in [2.75, 3.05) is 18.9 Å². The van der Waals surface area contributed by atoms with Gasteiger partial charge in [0.25, 0.3) is 10.0 Å². The number of nitrogens with zero attached hydrogens (tertiary/aromatic N) is 2. The van der Waals surface area contributed by atoms with Crippen LogP contribution in [0.4, 0.5) is 5.69 Å². The Morgan fingerprint density at radius 1 is 1.00 bits per heavy atom. The highest BCUT2D eigenvalue weighted by Gasteiger charge is 2.21. The molecule has 0 saturated heterocycles. The van der Waals surface area contributed by atoms with Gasteiger partial charge in [-0.2, -0.15) is 5.10 Å². The highest BCUT2D eigenvalue weighted by molar-refractivity contribution is 7.92. The first-order valence-corrected chi connectivity index (χ1v) is 10.2. The fourth-order valence-electron chi connectivity index (χ4n) is 2.93. The largest absolute Gasteiger partial charge is 0.493 e. The first kappa shape index (κ1) is 19.8. The van der Waals surface area contributed by atoms with Gasteiger partial charge in [0.2, 0.25) is 0 Å². The molecule has 28 heavy (non-hydrogen) atoms. The van der Waals surface area contributed by atoms with E-state index in [0.29, 0.717) is 29.4 Å². The quantitative estimate of drug-likeness (QED) is 0.656. The standard InChI is InChI=1S/C20H23N3O4S/c1-14-20(15(2)23(21-14)13-16-8-6-5-7-9-16)22-28(24,25)17-10-11-18(26-3)19(12-17)27-4/h5-12,22H,13H2,1-4H3. The van der Waals surface area contributed by atoms with Crippen LogP contribution in [0.3, 0.4) is 0 Å². The number of hydrogen-bond acceptors (Lipinski definition) is 5. The number of rotatable bonds is 7. The maximum Gasteiger partial charge on any atom is 0.262 e. The summed E-state index contributed by atoms with van der Waals surface area (Å²) in [6.45, 7) is 4.18. The third-order valence-corrected chi connectivity index (χ3v) is 5.81. The third-order valence-electron chi connectivity index (χ3n) is 4.46. The van der Waals surface area contributed by atoms with Crippen molar-refractivity contribution in [2.24, 2.45) is 0 Å². The number of nitrogens with one attached hydrogen (secondary N) is 1. The Bertz CT molecular complexity index is 1080. The van der Waals surface area contributed by atoms with E-state index >= 15 is 0 Å². The minimum atomic E-state index is -3.81. The Kier molecular flexibility index (Phi) is 5.60. The molecule has 1 heterocycles. The van der Waals surface area contributed by atoms with E-state index in [-0.39, 0.29) is 4.90 Å². The van der Waals surface area contributed by atoms with Crippen LogP contribution in [0.25, 0.3) is 0 Å². The number of benzene rings is 2. The van der Waals surface area contributed by atoms with Crippen molar-refractivity contribution in [3.8, 4) is 11.5 Å². The lowest BCUT2D eigenvalue weighted by molar-refractivity contribution is 0.354. The van der Waals surface area contributed by atoms with Gasteiger partial charge in [-0.1, -0.05) is 30.3 Å². The molecule has 0 bridgehead atoms. The van der Waals surface area contributed by atoms with Gasteiger partial charge in [-0.3, -0.25) is 9.40 Å². The molecule has 0 saturated carbocycles. The minimum absolute atomic E-state index is 0.0831. The first-order valence-electron chi connectivity index (χ1n) is 8.68. The fourth-order valence-corrected chi connectivity index (χ4v) is 4.12. The zero-order valence-electron chi connectivity index (χ0n) is 16.3. The molecule has 0 radical (unpaired) electrons. The van der Waals surface area contributed by atoms with E-state index in [2.05, 4.69) is 9.82 Å². The predicted molar refractivity (Wildman–Crippen MR) is 108 cm³/mol. The molecular formula is C20H23N3O4S. The van der Waals surface area contributed by atoms with Crippen molar-refractivity contribution in [3.05, 3.63) is 65.5 Å². The molecule has 7 nitrogen and oxygen atoms in total. The lowest BCUT2D eigenvalue weighted by Crippen LogP contribution is -2.14. The Morgan fingerprint density at radius 2 is 1.68 bits per heavy atom. The van der Waals surface area contributed by atoms with Gasteiger partial charge in [0, 0.05) is 6.07 Å². The number of hydrogen-bond donors (Lipinski definition) is 1. The van der Waals surface area contributed by atoms with Crippen LogP contribution in [-0.4, -0.2) is 32.4 Å². The van der Waals surface area contributed by atoms with Crippen LogP contribution in [0, 0.1) is 13.8 Å². The van der Waals surface area contributed by atoms with E-state index in [4.69, 9.17) is 9.47 Å². The van der Waals surface area contributed by atoms with E-state index in [1.165, 1.54) is 26.4 Å². The van der Waals surface area contributed by atoms with Gasteiger partial charge < -0.3 is 9.47 Å². The molecule has 148 valence electrons. The van der Waals surface area contributed by atoms with Crippen LogP contribution in [0.15, 0.2) is 53.4 Å². The monoisotopic (exact) mass is 401 g/mol. The molecule has 3 aromatic rings. The number of anilines is 1. The Hall–Kier alpha value is -3.00. The summed E-state index contributed by atoms with van der Waals surface area (Å²) < 4.78 is 40.6. The van der Waals surface area contributed by atoms with Crippen LogP contribution in [0.5, 0.6) is 11.5 Å². The average Bonchev–Trinajstić information content (AvgIpc) is 2.95. The van der Waals surface area contributed by atoms with Gasteiger partial charge >= 0.3 is 0 Å². The summed E-state index contributed by atoms with van der Waals surface area (Å²) in [7, 11) is -0.854. The van der Waals surface area contributed by atoms with Crippen molar-refractivity contribution >= 4 is 15.7 Å². The highest BCUT2D eigenvalue weighted by Crippen LogP contribution is 2.31. The van der Waals surface area contributed by atoms with Gasteiger partial charge in [0.05, 0.1) is 42.7 Å². The Labute approximate surface area is 165 Å². The number of sulfonamides is 1. The molecule has 0 amide bonds. The summed E-state index contributed by atoms with van der Waals surface area (Å²) in [5, 5.41) is 4.49. The summed E-state index contributed by atoms with van der Waals surface area (Å²) in [6.07, 6.45) is 0. The van der Waals surface area contributed by atoms with Crippen LogP contribution >= 0.6 is 0 Å². The third kappa shape index (κ3) is 3.96. The zero-order valence-corrected chi connectivity index (χ0v) is 17.1. The van der Waals surface area contributed by atoms with E-state index in [9.17, 15) is 8.42 Å². The molecule has 0 unspecified atom stereocenters. The van der Waals surface area contributed by atoms with Crippen LogP contribution in [0.2, 0.25) is 0 Å². The molecule has 2 aromatic carbocycles. The molecular weight excluding hydrogens is 378 g/mol. The second kappa shape index (κ2) is 7.93. The summed E-state index contributed by atoms with van der Waals surface area (Å²) in [4.78, 5) is 0.0831. The molecule has 8 heteroatoms. The summed E-state index contributed by atoms with van der Waals surface area (Å²) in [5.74, 6) is 0.808. The van der Waals surface area contributed by atoms with E-state index in [1.54, 1.807) is 17.7 Å². The molecule has 0 atom stereocenters.